The molecule has 0 spiro atoms. The zero-order chi connectivity index (χ0) is 26.6. The number of alkyl halides is 3. The van der Waals surface area contributed by atoms with Crippen molar-refractivity contribution in [2.45, 2.75) is 51.9 Å². The summed E-state index contributed by atoms with van der Waals surface area (Å²) in [5, 5.41) is 3.31. The van der Waals surface area contributed by atoms with E-state index in [-0.39, 0.29) is 18.0 Å². The molecule has 0 saturated carbocycles. The Hall–Kier alpha value is -3.43. The Labute approximate surface area is 204 Å². The number of amides is 1. The number of nitrogens with zero attached hydrogens (tertiary/aromatic N) is 1. The van der Waals surface area contributed by atoms with E-state index in [0.717, 1.165) is 16.2 Å². The van der Waals surface area contributed by atoms with Gasteiger partial charge < -0.3 is 15.0 Å². The maximum atomic E-state index is 14.7. The van der Waals surface area contributed by atoms with Gasteiger partial charge in [0.1, 0.15) is 0 Å². The van der Waals surface area contributed by atoms with E-state index in [0.29, 0.717) is 12.1 Å². The molecule has 0 aromatic heterocycles. The first-order valence-electron chi connectivity index (χ1n) is 11.4. The molecule has 1 amide bonds. The van der Waals surface area contributed by atoms with Crippen LogP contribution in [0.25, 0.3) is 0 Å². The number of hydrogen-bond acceptors (Lipinski definition) is 4. The van der Waals surface area contributed by atoms with Crippen molar-refractivity contribution in [2.24, 2.45) is 5.41 Å². The van der Waals surface area contributed by atoms with Crippen molar-refractivity contribution in [3.63, 3.8) is 0 Å². The van der Waals surface area contributed by atoms with Gasteiger partial charge in [-0.1, -0.05) is 32.0 Å². The number of carbonyl (C=O) groups excluding carboxylic acids is 2. The van der Waals surface area contributed by atoms with Gasteiger partial charge in [0.05, 0.1) is 28.8 Å². The molecule has 4 rings (SSSR count). The molecule has 36 heavy (non-hydrogen) atoms. The molecule has 2 atom stereocenters. The molecule has 2 unspecified atom stereocenters. The summed E-state index contributed by atoms with van der Waals surface area (Å²) in [6, 6.07) is 7.82. The van der Waals surface area contributed by atoms with Gasteiger partial charge in [0, 0.05) is 24.4 Å². The maximum absolute atomic E-state index is 14.7. The monoisotopic (exact) mass is 508 g/mol. The molecule has 2 aliphatic rings. The van der Waals surface area contributed by atoms with E-state index in [1.165, 1.54) is 6.20 Å². The van der Waals surface area contributed by atoms with Crippen LogP contribution >= 0.6 is 0 Å². The molecule has 192 valence electrons. The first-order chi connectivity index (χ1) is 16.7. The summed E-state index contributed by atoms with van der Waals surface area (Å²) in [7, 11) is 0. The predicted octanol–water partition coefficient (Wildman–Crippen LogP) is 5.88. The van der Waals surface area contributed by atoms with Crippen LogP contribution in [0.1, 0.15) is 55.1 Å². The lowest BCUT2D eigenvalue weighted by Crippen LogP contribution is -2.39. The van der Waals surface area contributed by atoms with Gasteiger partial charge in [-0.15, -0.1) is 0 Å². The summed E-state index contributed by atoms with van der Waals surface area (Å²) in [6.07, 6.45) is -4.36. The van der Waals surface area contributed by atoms with E-state index in [1.54, 1.807) is 13.8 Å². The number of ether oxygens (including phenoxy) is 1. The third kappa shape index (κ3) is 4.44. The summed E-state index contributed by atoms with van der Waals surface area (Å²) in [4.78, 5) is 27.5. The number of carbonyl (C=O) groups is 2. The Morgan fingerprint density at radius 1 is 1.08 bits per heavy atom. The SMILES string of the molecule is CC(C)OC(=O)C1=CN(C(=O)c2ccc(C(F)(F)F)c(F)c2F)CC(C)(C)C2c3ccccc3NC12. The fourth-order valence-electron chi connectivity index (χ4n) is 4.97. The van der Waals surface area contributed by atoms with Gasteiger partial charge in [0.25, 0.3) is 5.91 Å². The maximum Gasteiger partial charge on any atom is 0.419 e. The number of esters is 1. The highest BCUT2D eigenvalue weighted by Crippen LogP contribution is 2.50. The summed E-state index contributed by atoms with van der Waals surface area (Å²) in [5.41, 5.74) is -1.55. The number of fused-ring (bicyclic) bond motifs is 3. The molecule has 2 aromatic carbocycles. The van der Waals surface area contributed by atoms with Crippen molar-refractivity contribution in [2.75, 3.05) is 11.9 Å². The van der Waals surface area contributed by atoms with Crippen molar-refractivity contribution in [1.82, 2.24) is 4.90 Å². The van der Waals surface area contributed by atoms with E-state index >= 15 is 0 Å². The van der Waals surface area contributed by atoms with E-state index in [9.17, 15) is 31.5 Å². The second kappa shape index (κ2) is 8.90. The topological polar surface area (TPSA) is 58.6 Å². The van der Waals surface area contributed by atoms with Gasteiger partial charge in [-0.05, 0) is 43.0 Å². The fraction of sp³-hybridized carbons (Fsp3) is 0.385. The quantitative estimate of drug-likeness (QED) is 0.416. The first-order valence-corrected chi connectivity index (χ1v) is 11.4. The zero-order valence-electron chi connectivity index (χ0n) is 20.0. The summed E-state index contributed by atoms with van der Waals surface area (Å²) in [5.74, 6) is -6.13. The zero-order valence-corrected chi connectivity index (χ0v) is 20.0. The van der Waals surface area contributed by atoms with Gasteiger partial charge in [-0.3, -0.25) is 4.79 Å². The number of nitrogens with one attached hydrogen (secondary N) is 1. The molecule has 5 nitrogen and oxygen atoms in total. The van der Waals surface area contributed by atoms with Crippen LogP contribution in [-0.4, -0.2) is 35.5 Å². The van der Waals surface area contributed by atoms with E-state index in [2.05, 4.69) is 5.32 Å². The summed E-state index contributed by atoms with van der Waals surface area (Å²) < 4.78 is 73.4. The predicted molar refractivity (Wildman–Crippen MR) is 122 cm³/mol. The molecule has 10 heteroatoms. The van der Waals surface area contributed by atoms with Crippen molar-refractivity contribution in [1.29, 1.82) is 0 Å². The second-order valence-electron chi connectivity index (χ2n) is 9.93. The average Bonchev–Trinajstić information content (AvgIpc) is 3.11. The van der Waals surface area contributed by atoms with Crippen molar-refractivity contribution >= 4 is 17.6 Å². The van der Waals surface area contributed by atoms with Crippen LogP contribution in [0.4, 0.5) is 27.6 Å². The molecular formula is C26H25F5N2O3. The summed E-state index contributed by atoms with van der Waals surface area (Å²) in [6.45, 7) is 7.03. The number of para-hydroxylation sites is 1. The molecule has 0 fully saturated rings. The minimum Gasteiger partial charge on any atom is -0.460 e. The lowest BCUT2D eigenvalue weighted by Gasteiger charge is -2.36. The Bertz CT molecular complexity index is 1250. The minimum absolute atomic E-state index is 0.0243. The van der Waals surface area contributed by atoms with E-state index in [4.69, 9.17) is 4.74 Å². The second-order valence-corrected chi connectivity index (χ2v) is 9.93. The highest BCUT2D eigenvalue weighted by atomic mass is 19.4. The Morgan fingerprint density at radius 2 is 1.75 bits per heavy atom. The highest BCUT2D eigenvalue weighted by molar-refractivity contribution is 5.98. The van der Waals surface area contributed by atoms with Gasteiger partial charge in [0.2, 0.25) is 0 Å². The smallest absolute Gasteiger partial charge is 0.419 e. The Morgan fingerprint density at radius 3 is 2.39 bits per heavy atom. The van der Waals surface area contributed by atoms with Gasteiger partial charge in [-0.2, -0.15) is 13.2 Å². The molecule has 0 radical (unpaired) electrons. The molecule has 0 bridgehead atoms. The number of halogens is 5. The molecule has 1 N–H and O–H groups in total. The van der Waals surface area contributed by atoms with E-state index < -0.39 is 58.4 Å². The van der Waals surface area contributed by atoms with Crippen molar-refractivity contribution < 1.29 is 36.3 Å². The highest BCUT2D eigenvalue weighted by Gasteiger charge is 2.49. The number of benzene rings is 2. The largest absolute Gasteiger partial charge is 0.460 e. The van der Waals surface area contributed by atoms with Crippen molar-refractivity contribution in [3.05, 3.63) is 76.5 Å². The number of anilines is 1. The third-order valence-electron chi connectivity index (χ3n) is 6.45. The lowest BCUT2D eigenvalue weighted by molar-refractivity contribution is -0.143. The van der Waals surface area contributed by atoms with Gasteiger partial charge >= 0.3 is 12.1 Å². The molecular weight excluding hydrogens is 483 g/mol. The molecule has 2 aromatic rings. The molecule has 0 saturated heterocycles. The molecule has 2 heterocycles. The lowest BCUT2D eigenvalue weighted by atomic mass is 9.71. The van der Waals surface area contributed by atoms with Crippen molar-refractivity contribution in [3.8, 4) is 0 Å². The Balaban J connectivity index is 1.81. The summed E-state index contributed by atoms with van der Waals surface area (Å²) >= 11 is 0. The van der Waals surface area contributed by atoms with Crippen LogP contribution in [-0.2, 0) is 15.7 Å². The normalized spacial score (nSPS) is 20.7. The van der Waals surface area contributed by atoms with Gasteiger partial charge in [-0.25, -0.2) is 13.6 Å². The van der Waals surface area contributed by atoms with E-state index in [1.807, 2.05) is 38.1 Å². The fourth-order valence-corrected chi connectivity index (χ4v) is 4.97. The van der Waals surface area contributed by atoms with Crippen LogP contribution in [0.2, 0.25) is 0 Å². The van der Waals surface area contributed by atoms with Crippen LogP contribution in [0, 0.1) is 17.0 Å². The minimum atomic E-state index is -5.12. The average molecular weight is 508 g/mol. The van der Waals surface area contributed by atoms with Crippen LogP contribution in [0.15, 0.2) is 48.2 Å². The van der Waals surface area contributed by atoms with Crippen LogP contribution in [0.3, 0.4) is 0 Å². The molecule has 0 aliphatic carbocycles. The van der Waals surface area contributed by atoms with Crippen LogP contribution in [0.5, 0.6) is 0 Å². The van der Waals surface area contributed by atoms with Gasteiger partial charge in [0.15, 0.2) is 11.6 Å². The number of hydrogen-bond donors (Lipinski definition) is 1. The number of rotatable bonds is 3. The molecule has 2 aliphatic heterocycles. The first kappa shape index (κ1) is 25.7. The third-order valence-corrected chi connectivity index (χ3v) is 6.45. The standard InChI is InChI=1S/C26H25F5N2O3/c1-13(2)36-24(35)16-11-33(23(34)15-9-10-17(26(29,30)31)21(28)20(15)27)12-25(3,4)19-14-7-5-6-8-18(14)32-22(16)19/h5-11,13,19,22,32H,12H2,1-4H3. The Kier molecular flexibility index (Phi) is 6.34. The van der Waals surface area contributed by atoms with Crippen LogP contribution < -0.4 is 5.32 Å².